The number of nitrogens with one attached hydrogen (secondary N) is 1. The number of amides is 1. The summed E-state index contributed by atoms with van der Waals surface area (Å²) in [4.78, 5) is 13.5. The van der Waals surface area contributed by atoms with Crippen molar-refractivity contribution in [3.8, 4) is 0 Å². The Bertz CT molecular complexity index is 2050. The van der Waals surface area contributed by atoms with E-state index in [0.29, 0.717) is 12.8 Å². The summed E-state index contributed by atoms with van der Waals surface area (Å²) >= 11 is 0. The van der Waals surface area contributed by atoms with Gasteiger partial charge in [-0.2, -0.15) is 0 Å². The maximum atomic E-state index is 13.5. The second-order valence-corrected chi connectivity index (χ2v) is 31.7. The van der Waals surface area contributed by atoms with Gasteiger partial charge in [0.15, 0.2) is 18.9 Å². The number of aliphatic hydroxyl groups excluding tert-OH is 11. The van der Waals surface area contributed by atoms with Crippen molar-refractivity contribution in [2.24, 2.45) is 0 Å². The van der Waals surface area contributed by atoms with Gasteiger partial charge in [0, 0.05) is 6.42 Å². The maximum absolute atomic E-state index is 13.5. The first-order chi connectivity index (χ1) is 51.8. The molecule has 0 aliphatic carbocycles. The van der Waals surface area contributed by atoms with Crippen LogP contribution < -0.4 is 5.32 Å². The first-order valence-corrected chi connectivity index (χ1v) is 44.2. The first kappa shape index (κ1) is 98.2. The topological polar surface area (TPSA) is 307 Å². The van der Waals surface area contributed by atoms with Crippen molar-refractivity contribution in [1.29, 1.82) is 0 Å². The molecule has 0 spiro atoms. The molecule has 3 saturated heterocycles. The molecular weight excluding hydrogens is 1350 g/mol. The number of ether oxygens (including phenoxy) is 6. The highest BCUT2D eigenvalue weighted by atomic mass is 16.8. The van der Waals surface area contributed by atoms with Crippen molar-refractivity contribution in [2.45, 2.75) is 484 Å². The highest BCUT2D eigenvalue weighted by Crippen LogP contribution is 2.34. The van der Waals surface area contributed by atoms with Crippen molar-refractivity contribution in [2.75, 3.05) is 26.4 Å². The number of hydrogen-bond donors (Lipinski definition) is 12. The molecule has 3 aliphatic rings. The largest absolute Gasteiger partial charge is 0.394 e. The highest BCUT2D eigenvalue weighted by molar-refractivity contribution is 5.76. The molecule has 1 amide bonds. The normalized spacial score (nSPS) is 25.8. The van der Waals surface area contributed by atoms with Crippen LogP contribution >= 0.6 is 0 Å². The van der Waals surface area contributed by atoms with Gasteiger partial charge in [0.2, 0.25) is 5.91 Å². The van der Waals surface area contributed by atoms with Gasteiger partial charge in [-0.1, -0.05) is 365 Å². The van der Waals surface area contributed by atoms with E-state index in [1.807, 2.05) is 6.08 Å². The summed E-state index contributed by atoms with van der Waals surface area (Å²) in [5.74, 6) is -0.281. The monoisotopic (exact) mass is 1510 g/mol. The lowest BCUT2D eigenvalue weighted by molar-refractivity contribution is -0.379. The molecule has 624 valence electrons. The molecule has 3 fully saturated rings. The third-order valence-corrected chi connectivity index (χ3v) is 22.2. The van der Waals surface area contributed by atoms with E-state index in [9.17, 15) is 61.0 Å². The van der Waals surface area contributed by atoms with E-state index in [0.717, 1.165) is 44.9 Å². The molecule has 3 heterocycles. The number of aliphatic hydroxyl groups is 11. The molecule has 17 atom stereocenters. The fraction of sp³-hybridized carbons (Fsp3) is 0.920. The molecule has 3 aliphatic heterocycles. The second-order valence-electron chi connectivity index (χ2n) is 31.7. The number of hydrogen-bond acceptors (Lipinski definition) is 18. The van der Waals surface area contributed by atoms with Crippen LogP contribution in [-0.4, -0.2) is 193 Å². The summed E-state index contributed by atoms with van der Waals surface area (Å²) < 4.78 is 34.5. The molecule has 0 aromatic carbocycles. The van der Waals surface area contributed by atoms with Crippen LogP contribution in [-0.2, 0) is 33.2 Å². The van der Waals surface area contributed by atoms with E-state index in [4.69, 9.17) is 28.4 Å². The molecule has 0 bridgehead atoms. The molecule has 19 nitrogen and oxygen atoms in total. The van der Waals surface area contributed by atoms with Crippen molar-refractivity contribution in [1.82, 2.24) is 5.32 Å². The molecule has 0 aromatic rings. The van der Waals surface area contributed by atoms with Gasteiger partial charge in [-0.25, -0.2) is 0 Å². The Morgan fingerprint density at radius 1 is 0.330 bits per heavy atom. The molecule has 19 heteroatoms. The number of rotatable bonds is 72. The predicted molar refractivity (Wildman–Crippen MR) is 425 cm³/mol. The average Bonchev–Trinajstić information content (AvgIpc) is 0.781. The number of carbonyl (C=O) groups excluding carboxylic acids is 1. The summed E-state index contributed by atoms with van der Waals surface area (Å²) in [6, 6.07) is -0.997. The van der Waals surface area contributed by atoms with Crippen molar-refractivity contribution in [3.63, 3.8) is 0 Å². The van der Waals surface area contributed by atoms with E-state index < -0.39 is 124 Å². The van der Waals surface area contributed by atoms with Crippen LogP contribution in [0.15, 0.2) is 36.5 Å². The lowest BCUT2D eigenvalue weighted by Crippen LogP contribution is -2.66. The molecule has 17 unspecified atom stereocenters. The quantitative estimate of drug-likeness (QED) is 0.0199. The van der Waals surface area contributed by atoms with Gasteiger partial charge in [-0.15, -0.1) is 0 Å². The Labute approximate surface area is 644 Å². The zero-order valence-corrected chi connectivity index (χ0v) is 67.2. The summed E-state index contributed by atoms with van der Waals surface area (Å²) in [5.41, 5.74) is 0. The van der Waals surface area contributed by atoms with E-state index in [-0.39, 0.29) is 18.9 Å². The van der Waals surface area contributed by atoms with Gasteiger partial charge in [0.05, 0.1) is 38.6 Å². The fourth-order valence-corrected chi connectivity index (χ4v) is 15.1. The van der Waals surface area contributed by atoms with Gasteiger partial charge in [0.1, 0.15) is 73.2 Å². The Morgan fingerprint density at radius 3 is 0.943 bits per heavy atom. The summed E-state index contributed by atoms with van der Waals surface area (Å²) in [7, 11) is 0. The average molecular weight is 1510 g/mol. The van der Waals surface area contributed by atoms with E-state index in [1.165, 1.54) is 302 Å². The smallest absolute Gasteiger partial charge is 0.220 e. The lowest BCUT2D eigenvalue weighted by atomic mass is 9.96. The number of allylic oxidation sites excluding steroid dienone is 5. The summed E-state index contributed by atoms with van der Waals surface area (Å²) in [6.07, 6.45) is 58.8. The third kappa shape index (κ3) is 46.3. The fourth-order valence-electron chi connectivity index (χ4n) is 15.1. The van der Waals surface area contributed by atoms with Crippen LogP contribution in [0.4, 0.5) is 0 Å². The van der Waals surface area contributed by atoms with E-state index in [1.54, 1.807) is 6.08 Å². The van der Waals surface area contributed by atoms with Gasteiger partial charge in [-0.3, -0.25) is 4.79 Å². The van der Waals surface area contributed by atoms with Crippen LogP contribution in [0, 0.1) is 0 Å². The molecule has 0 saturated carbocycles. The Hall–Kier alpha value is -1.99. The Morgan fingerprint density at radius 2 is 0.604 bits per heavy atom. The van der Waals surface area contributed by atoms with Crippen LogP contribution in [0.5, 0.6) is 0 Å². The Kier molecular flexibility index (Phi) is 62.5. The lowest BCUT2D eigenvalue weighted by Gasteiger charge is -2.48. The molecular formula is C87H163NO18. The van der Waals surface area contributed by atoms with Gasteiger partial charge < -0.3 is 89.9 Å². The number of carbonyl (C=O) groups is 1. The number of unbranched alkanes of at least 4 members (excludes halogenated alkanes) is 52. The highest BCUT2D eigenvalue weighted by Gasteiger charge is 2.54. The summed E-state index contributed by atoms with van der Waals surface area (Å²) in [5, 5.41) is 121. The van der Waals surface area contributed by atoms with Crippen molar-refractivity contribution >= 4 is 5.91 Å². The van der Waals surface area contributed by atoms with Crippen LogP contribution in [0.1, 0.15) is 380 Å². The zero-order chi connectivity index (χ0) is 76.7. The Balaban J connectivity index is 1.35. The minimum Gasteiger partial charge on any atom is -0.394 e. The predicted octanol–water partition coefficient (Wildman–Crippen LogP) is 16.2. The third-order valence-electron chi connectivity index (χ3n) is 22.2. The van der Waals surface area contributed by atoms with Gasteiger partial charge in [-0.05, 0) is 44.9 Å². The van der Waals surface area contributed by atoms with Crippen molar-refractivity contribution < 1.29 is 89.4 Å². The molecule has 0 radical (unpaired) electrons. The zero-order valence-electron chi connectivity index (χ0n) is 67.2. The SMILES string of the molecule is CCCCCCCCCCCCCCCCCCCCC/C=C/CC/C=C/CC/C=C/C(O)C(COC1OC(CO)C(OC2OC(CO)C(OC3OC(CO)C(O)C(O)C3O)C(O)C2O)C(O)C1O)NC(=O)CCCCCCCCCCCCCCCCCCCCCCCCCCCCCCCCCC. The van der Waals surface area contributed by atoms with Crippen molar-refractivity contribution in [3.05, 3.63) is 36.5 Å². The van der Waals surface area contributed by atoms with Crippen LogP contribution in [0.2, 0.25) is 0 Å². The minimum absolute atomic E-state index is 0.237. The maximum Gasteiger partial charge on any atom is 0.220 e. The van der Waals surface area contributed by atoms with E-state index >= 15 is 0 Å². The molecule has 0 aromatic heterocycles. The van der Waals surface area contributed by atoms with Gasteiger partial charge >= 0.3 is 0 Å². The molecule has 12 N–H and O–H groups in total. The summed E-state index contributed by atoms with van der Waals surface area (Å²) in [6.45, 7) is 1.78. The molecule has 106 heavy (non-hydrogen) atoms. The second kappa shape index (κ2) is 67.5. The molecule has 3 rings (SSSR count). The van der Waals surface area contributed by atoms with E-state index in [2.05, 4.69) is 43.5 Å². The minimum atomic E-state index is -1.98. The van der Waals surface area contributed by atoms with Crippen LogP contribution in [0.25, 0.3) is 0 Å². The first-order valence-electron chi connectivity index (χ1n) is 44.2. The van der Waals surface area contributed by atoms with Gasteiger partial charge in [0.25, 0.3) is 0 Å². The van der Waals surface area contributed by atoms with Crippen LogP contribution in [0.3, 0.4) is 0 Å². The standard InChI is InChI=1S/C87H163NO18/c1-3-5-7-9-11-13-15-17-19-21-23-25-27-29-31-33-34-35-37-39-41-43-45-47-49-51-53-55-57-59-61-63-65-75(93)88-70(71(92)64-62-60-58-56-54-52-50-48-46-44-42-40-38-36-32-30-28-26-24-22-20-18-16-14-12-10-8-6-4-2)69-101-85-81(99)78(96)83(73(67-90)103-85)106-87-82(100)79(97)84(74(68-91)104-87)105-86-80(98)77(95)76(94)72(66-89)102-86/h46,48,54,56,62,64,70-74,76-87,89-92,94-100H,3-45,47,49-53,55,57-61,63,65-69H2,1-2H3,(H,88,93)/b48-46+,56-54+,64-62+.